The topological polar surface area (TPSA) is 57.5 Å². The van der Waals surface area contributed by atoms with Crippen LogP contribution in [0.1, 0.15) is 72.1 Å². The predicted octanol–water partition coefficient (Wildman–Crippen LogP) is 3.74. The van der Waals surface area contributed by atoms with Gasteiger partial charge in [-0.1, -0.05) is 20.4 Å². The van der Waals surface area contributed by atoms with E-state index in [9.17, 15) is 15.0 Å². The first-order valence-electron chi connectivity index (χ1n) is 8.42. The fourth-order valence-electron chi connectivity index (χ4n) is 5.13. The van der Waals surface area contributed by atoms with Gasteiger partial charge in [0.1, 0.15) is 11.4 Å². The van der Waals surface area contributed by atoms with Crippen LogP contribution in [0.2, 0.25) is 0 Å². The van der Waals surface area contributed by atoms with Crippen molar-refractivity contribution in [1.29, 1.82) is 0 Å². The maximum Gasteiger partial charge on any atom is 0.195 e. The van der Waals surface area contributed by atoms with Crippen LogP contribution in [-0.4, -0.2) is 21.6 Å². The highest BCUT2D eigenvalue weighted by molar-refractivity contribution is 6.11. The van der Waals surface area contributed by atoms with Crippen LogP contribution < -0.4 is 0 Å². The largest absolute Gasteiger partial charge is 0.507 e. The average molecular weight is 312 g/mol. The van der Waals surface area contributed by atoms with Crippen LogP contribution in [0, 0.1) is 18.3 Å². The van der Waals surface area contributed by atoms with Gasteiger partial charge < -0.3 is 10.2 Å². The first kappa shape index (κ1) is 14.9. The maximum absolute atomic E-state index is 12.8. The number of aliphatic hydroxyl groups is 1. The third kappa shape index (κ3) is 1.66. The fourth-order valence-corrected chi connectivity index (χ4v) is 5.13. The predicted molar refractivity (Wildman–Crippen MR) is 89.8 cm³/mol. The number of phenols is 1. The number of aromatic hydroxyl groups is 1. The van der Waals surface area contributed by atoms with Gasteiger partial charge in [-0.2, -0.15) is 0 Å². The lowest BCUT2D eigenvalue weighted by atomic mass is 9.83. The van der Waals surface area contributed by atoms with Crippen LogP contribution in [0.25, 0.3) is 5.57 Å². The molecule has 3 aliphatic rings. The number of hydrogen-bond acceptors (Lipinski definition) is 3. The molecule has 3 aliphatic carbocycles. The smallest absolute Gasteiger partial charge is 0.195 e. The van der Waals surface area contributed by atoms with Crippen LogP contribution >= 0.6 is 0 Å². The number of phenolic OH excluding ortho intramolecular Hbond substituents is 1. The Bertz CT molecular complexity index is 783. The van der Waals surface area contributed by atoms with Crippen LogP contribution in [0.15, 0.2) is 6.58 Å². The van der Waals surface area contributed by atoms with Crippen molar-refractivity contribution in [2.24, 2.45) is 11.3 Å². The molecule has 0 aliphatic heterocycles. The van der Waals surface area contributed by atoms with E-state index in [4.69, 9.17) is 0 Å². The highest BCUT2D eigenvalue weighted by atomic mass is 16.3. The molecule has 0 aromatic heterocycles. The van der Waals surface area contributed by atoms with Crippen molar-refractivity contribution in [3.8, 4) is 5.75 Å². The van der Waals surface area contributed by atoms with Gasteiger partial charge in [0.15, 0.2) is 5.78 Å². The summed E-state index contributed by atoms with van der Waals surface area (Å²) in [6, 6.07) is 0. The van der Waals surface area contributed by atoms with Crippen molar-refractivity contribution >= 4 is 11.4 Å². The molecular formula is C20H24O3. The summed E-state index contributed by atoms with van der Waals surface area (Å²) in [5.74, 6) is 0.873. The Morgan fingerprint density at radius 1 is 1.22 bits per heavy atom. The summed E-state index contributed by atoms with van der Waals surface area (Å²) >= 11 is 0. The Morgan fingerprint density at radius 2 is 1.87 bits per heavy atom. The lowest BCUT2D eigenvalue weighted by Crippen LogP contribution is -2.31. The first-order chi connectivity index (χ1) is 10.6. The summed E-state index contributed by atoms with van der Waals surface area (Å²) < 4.78 is 0. The normalized spacial score (nSPS) is 33.8. The van der Waals surface area contributed by atoms with Gasteiger partial charge in [0.25, 0.3) is 0 Å². The molecule has 3 heteroatoms. The number of benzene rings is 1. The maximum atomic E-state index is 12.8. The SMILES string of the molecule is C=C1CC[C@H]2[C@@H](c3c(C)c(O)c4c(c31)C(=O)[C@@](C)(O)C4)C2(C)C. The molecule has 0 heterocycles. The Hall–Kier alpha value is -1.61. The van der Waals surface area contributed by atoms with Gasteiger partial charge in [-0.15, -0.1) is 0 Å². The van der Waals surface area contributed by atoms with Gasteiger partial charge >= 0.3 is 0 Å². The molecule has 0 unspecified atom stereocenters. The summed E-state index contributed by atoms with van der Waals surface area (Å²) in [5, 5.41) is 21.2. The van der Waals surface area contributed by atoms with E-state index in [0.29, 0.717) is 23.0 Å². The van der Waals surface area contributed by atoms with E-state index in [2.05, 4.69) is 20.4 Å². The Labute approximate surface area is 137 Å². The Kier molecular flexibility index (Phi) is 2.65. The number of carbonyl (C=O) groups is 1. The second-order valence-corrected chi connectivity index (χ2v) is 8.44. The molecule has 1 aromatic carbocycles. The summed E-state index contributed by atoms with van der Waals surface area (Å²) in [6.07, 6.45) is 2.14. The number of Topliss-reactive ketones (excluding diaryl/α,β-unsaturated/α-hetero) is 1. The molecule has 0 radical (unpaired) electrons. The van der Waals surface area contributed by atoms with E-state index < -0.39 is 5.60 Å². The number of hydrogen-bond donors (Lipinski definition) is 2. The van der Waals surface area contributed by atoms with Crippen molar-refractivity contribution in [3.05, 3.63) is 34.4 Å². The molecule has 1 saturated carbocycles. The molecule has 23 heavy (non-hydrogen) atoms. The summed E-state index contributed by atoms with van der Waals surface area (Å²) in [6.45, 7) is 12.2. The lowest BCUT2D eigenvalue weighted by Gasteiger charge is -2.21. The molecular weight excluding hydrogens is 288 g/mol. The van der Waals surface area contributed by atoms with Gasteiger partial charge in [0.05, 0.1) is 0 Å². The molecule has 1 aromatic rings. The zero-order valence-electron chi connectivity index (χ0n) is 14.3. The lowest BCUT2D eigenvalue weighted by molar-refractivity contribution is 0.0460. The number of allylic oxidation sites excluding steroid dienone is 1. The van der Waals surface area contributed by atoms with E-state index in [0.717, 1.165) is 35.1 Å². The molecule has 4 rings (SSSR count). The highest BCUT2D eigenvalue weighted by Gasteiger charge is 2.60. The van der Waals surface area contributed by atoms with Crippen molar-refractivity contribution in [3.63, 3.8) is 0 Å². The standard InChI is InChI=1S/C20H24O3/c1-9-6-7-12-16(19(12,3)4)14-10(2)17(21)11-8-20(5,23)18(22)15(11)13(9)14/h12,16,21,23H,1,6-8H2,2-5H3/t12-,16-,20-/m0/s1. The van der Waals surface area contributed by atoms with Crippen molar-refractivity contribution in [2.75, 3.05) is 0 Å². The van der Waals surface area contributed by atoms with Crippen LogP contribution in [-0.2, 0) is 6.42 Å². The Balaban J connectivity index is 2.07. The minimum atomic E-state index is -1.42. The van der Waals surface area contributed by atoms with Crippen LogP contribution in [0.5, 0.6) is 5.75 Å². The van der Waals surface area contributed by atoms with E-state index in [1.54, 1.807) is 6.92 Å². The van der Waals surface area contributed by atoms with Gasteiger partial charge in [-0.25, -0.2) is 0 Å². The van der Waals surface area contributed by atoms with Crippen LogP contribution in [0.3, 0.4) is 0 Å². The average Bonchev–Trinajstić information content (AvgIpc) is 2.96. The quantitative estimate of drug-likeness (QED) is 0.767. The number of rotatable bonds is 0. The van der Waals surface area contributed by atoms with Crippen molar-refractivity contribution < 1.29 is 15.0 Å². The molecule has 3 nitrogen and oxygen atoms in total. The molecule has 0 bridgehead atoms. The number of ketones is 1. The van der Waals surface area contributed by atoms with Crippen LogP contribution in [0.4, 0.5) is 0 Å². The molecule has 0 saturated heterocycles. The molecule has 0 amide bonds. The second kappa shape index (κ2) is 4.07. The van der Waals surface area contributed by atoms with E-state index in [1.807, 2.05) is 6.92 Å². The third-order valence-electron chi connectivity index (χ3n) is 6.58. The van der Waals surface area contributed by atoms with E-state index in [1.165, 1.54) is 0 Å². The van der Waals surface area contributed by atoms with Gasteiger partial charge in [-0.05, 0) is 66.2 Å². The number of carbonyl (C=O) groups excluding carboxylic acids is 1. The zero-order valence-corrected chi connectivity index (χ0v) is 14.3. The van der Waals surface area contributed by atoms with Gasteiger partial charge in [-0.3, -0.25) is 4.79 Å². The molecule has 122 valence electrons. The monoisotopic (exact) mass is 312 g/mol. The van der Waals surface area contributed by atoms with Gasteiger partial charge in [0, 0.05) is 17.5 Å². The molecule has 2 N–H and O–H groups in total. The molecule has 1 fully saturated rings. The zero-order chi connectivity index (χ0) is 16.9. The summed E-state index contributed by atoms with van der Waals surface area (Å²) in [4.78, 5) is 12.8. The minimum Gasteiger partial charge on any atom is -0.507 e. The van der Waals surface area contributed by atoms with E-state index >= 15 is 0 Å². The first-order valence-corrected chi connectivity index (χ1v) is 8.42. The van der Waals surface area contributed by atoms with Crippen molar-refractivity contribution in [2.45, 2.75) is 58.5 Å². The summed E-state index contributed by atoms with van der Waals surface area (Å²) in [7, 11) is 0. The molecule has 3 atom stereocenters. The minimum absolute atomic E-state index is 0.186. The highest BCUT2D eigenvalue weighted by Crippen LogP contribution is 2.70. The third-order valence-corrected chi connectivity index (χ3v) is 6.58. The Morgan fingerprint density at radius 3 is 2.52 bits per heavy atom. The van der Waals surface area contributed by atoms with E-state index in [-0.39, 0.29) is 23.4 Å². The summed E-state index contributed by atoms with van der Waals surface area (Å²) in [5.41, 5.74) is 3.79. The van der Waals surface area contributed by atoms with Gasteiger partial charge in [0.2, 0.25) is 0 Å². The second-order valence-electron chi connectivity index (χ2n) is 8.44. The molecule has 0 spiro atoms. The van der Waals surface area contributed by atoms with Crippen molar-refractivity contribution in [1.82, 2.24) is 0 Å². The fraction of sp³-hybridized carbons (Fsp3) is 0.550. The number of fused-ring (bicyclic) bond motifs is 5.